The molecule has 0 aliphatic carbocycles. The molecule has 2 aromatic rings. The zero-order chi connectivity index (χ0) is 14.5. The summed E-state index contributed by atoms with van der Waals surface area (Å²) in [5, 5.41) is 0. The quantitative estimate of drug-likeness (QED) is 0.670. The minimum atomic E-state index is -0.609. The molecule has 0 amide bonds. The standard InChI is InChI=1S/C16H16FNO2/c1-2-15(20-14-5-3-4-13(18)10-14)16(19)11-6-8-12(17)9-7-11/h3-10,15H,2,18H2,1H3. The largest absolute Gasteiger partial charge is 0.482 e. The molecule has 1 atom stereocenters. The SMILES string of the molecule is CCC(Oc1cccc(N)c1)C(=O)c1ccc(F)cc1. The van der Waals surface area contributed by atoms with Gasteiger partial charge >= 0.3 is 0 Å². The van der Waals surface area contributed by atoms with Crippen molar-refractivity contribution in [2.45, 2.75) is 19.4 Å². The second-order valence-electron chi connectivity index (χ2n) is 4.46. The molecule has 1 unspecified atom stereocenters. The first-order valence-electron chi connectivity index (χ1n) is 6.42. The van der Waals surface area contributed by atoms with Crippen LogP contribution in [0.3, 0.4) is 0 Å². The molecule has 0 aliphatic heterocycles. The van der Waals surface area contributed by atoms with E-state index in [2.05, 4.69) is 0 Å². The van der Waals surface area contributed by atoms with E-state index in [4.69, 9.17) is 10.5 Å². The topological polar surface area (TPSA) is 52.3 Å². The number of rotatable bonds is 5. The molecule has 0 fully saturated rings. The van der Waals surface area contributed by atoms with Crippen molar-refractivity contribution in [1.82, 2.24) is 0 Å². The normalized spacial score (nSPS) is 11.9. The first-order chi connectivity index (χ1) is 9.60. The average molecular weight is 273 g/mol. The predicted octanol–water partition coefficient (Wildman–Crippen LogP) is 3.45. The Labute approximate surface area is 117 Å². The maximum Gasteiger partial charge on any atom is 0.203 e. The van der Waals surface area contributed by atoms with E-state index in [9.17, 15) is 9.18 Å². The average Bonchev–Trinajstić information content (AvgIpc) is 2.45. The number of ketones is 1. The minimum Gasteiger partial charge on any atom is -0.482 e. The Kier molecular flexibility index (Phi) is 4.35. The fourth-order valence-corrected chi connectivity index (χ4v) is 1.87. The van der Waals surface area contributed by atoms with E-state index in [1.54, 1.807) is 24.3 Å². The summed E-state index contributed by atoms with van der Waals surface area (Å²) in [5.41, 5.74) is 6.68. The van der Waals surface area contributed by atoms with Gasteiger partial charge in [-0.3, -0.25) is 4.79 Å². The Morgan fingerprint density at radius 1 is 1.25 bits per heavy atom. The molecule has 0 aromatic heterocycles. The molecule has 3 nitrogen and oxygen atoms in total. The monoisotopic (exact) mass is 273 g/mol. The van der Waals surface area contributed by atoms with Crippen molar-refractivity contribution in [3.63, 3.8) is 0 Å². The van der Waals surface area contributed by atoms with E-state index in [0.717, 1.165) is 0 Å². The van der Waals surface area contributed by atoms with Gasteiger partial charge in [-0.1, -0.05) is 13.0 Å². The van der Waals surface area contributed by atoms with Crippen molar-refractivity contribution in [2.75, 3.05) is 5.73 Å². The molecule has 2 N–H and O–H groups in total. The number of nitrogens with two attached hydrogens (primary N) is 1. The molecule has 0 aliphatic rings. The van der Waals surface area contributed by atoms with E-state index in [1.807, 2.05) is 6.92 Å². The van der Waals surface area contributed by atoms with E-state index < -0.39 is 6.10 Å². The molecule has 2 rings (SSSR count). The molecule has 2 aromatic carbocycles. The van der Waals surface area contributed by atoms with Gasteiger partial charge < -0.3 is 10.5 Å². The number of Topliss-reactive ketones (excluding diaryl/α,β-unsaturated/α-hetero) is 1. The molecular weight excluding hydrogens is 257 g/mol. The van der Waals surface area contributed by atoms with Gasteiger partial charge in [0.1, 0.15) is 11.6 Å². The number of halogens is 1. The number of carbonyl (C=O) groups excluding carboxylic acids is 1. The summed E-state index contributed by atoms with van der Waals surface area (Å²) in [5.74, 6) is 0.00795. The van der Waals surface area contributed by atoms with Crippen LogP contribution in [0.2, 0.25) is 0 Å². The van der Waals surface area contributed by atoms with Crippen LogP contribution in [0, 0.1) is 5.82 Å². The molecule has 20 heavy (non-hydrogen) atoms. The minimum absolute atomic E-state index is 0.171. The lowest BCUT2D eigenvalue weighted by molar-refractivity contribution is 0.0786. The van der Waals surface area contributed by atoms with Crippen LogP contribution in [-0.4, -0.2) is 11.9 Å². The van der Waals surface area contributed by atoms with Gasteiger partial charge in [0.15, 0.2) is 6.10 Å². The highest BCUT2D eigenvalue weighted by molar-refractivity contribution is 5.99. The number of nitrogen functional groups attached to an aromatic ring is 1. The lowest BCUT2D eigenvalue weighted by Gasteiger charge is -2.16. The number of benzene rings is 2. The number of hydrogen-bond donors (Lipinski definition) is 1. The van der Waals surface area contributed by atoms with Crippen molar-refractivity contribution in [1.29, 1.82) is 0 Å². The summed E-state index contributed by atoms with van der Waals surface area (Å²) in [6.45, 7) is 1.86. The second-order valence-corrected chi connectivity index (χ2v) is 4.46. The van der Waals surface area contributed by atoms with Crippen LogP contribution in [0.1, 0.15) is 23.7 Å². The summed E-state index contributed by atoms with van der Waals surface area (Å²) < 4.78 is 18.5. The maximum atomic E-state index is 12.9. The summed E-state index contributed by atoms with van der Waals surface area (Å²) in [4.78, 5) is 12.3. The Morgan fingerprint density at radius 2 is 1.95 bits per heavy atom. The van der Waals surface area contributed by atoms with Gasteiger partial charge in [0.2, 0.25) is 5.78 Å². The molecule has 0 saturated carbocycles. The number of carbonyl (C=O) groups is 1. The van der Waals surface area contributed by atoms with Crippen LogP contribution in [0.15, 0.2) is 48.5 Å². The zero-order valence-corrected chi connectivity index (χ0v) is 11.2. The smallest absolute Gasteiger partial charge is 0.203 e. The van der Waals surface area contributed by atoms with Crippen LogP contribution in [0.25, 0.3) is 0 Å². The Balaban J connectivity index is 2.15. The maximum absolute atomic E-state index is 12.9. The lowest BCUT2D eigenvalue weighted by Crippen LogP contribution is -2.26. The molecule has 0 bridgehead atoms. The van der Waals surface area contributed by atoms with E-state index >= 15 is 0 Å². The number of hydrogen-bond acceptors (Lipinski definition) is 3. The molecule has 0 spiro atoms. The van der Waals surface area contributed by atoms with Crippen molar-refractivity contribution >= 4 is 11.5 Å². The first-order valence-corrected chi connectivity index (χ1v) is 6.42. The molecule has 4 heteroatoms. The summed E-state index contributed by atoms with van der Waals surface area (Å²) >= 11 is 0. The summed E-state index contributed by atoms with van der Waals surface area (Å²) in [6.07, 6.45) is -0.0902. The third-order valence-electron chi connectivity index (χ3n) is 2.93. The second kappa shape index (κ2) is 6.19. The van der Waals surface area contributed by atoms with Crippen LogP contribution < -0.4 is 10.5 Å². The van der Waals surface area contributed by atoms with Gasteiger partial charge in [-0.25, -0.2) is 4.39 Å². The number of ether oxygens (including phenoxy) is 1. The third-order valence-corrected chi connectivity index (χ3v) is 2.93. The van der Waals surface area contributed by atoms with Gasteiger partial charge in [0.05, 0.1) is 0 Å². The Bertz CT molecular complexity index is 596. The van der Waals surface area contributed by atoms with Crippen molar-refractivity contribution in [2.24, 2.45) is 0 Å². The van der Waals surface area contributed by atoms with Gasteiger partial charge in [-0.15, -0.1) is 0 Å². The molecular formula is C16H16FNO2. The highest BCUT2D eigenvalue weighted by atomic mass is 19.1. The molecule has 0 radical (unpaired) electrons. The molecule has 0 saturated heterocycles. The van der Waals surface area contributed by atoms with Crippen molar-refractivity contribution in [3.8, 4) is 5.75 Å². The van der Waals surface area contributed by atoms with Crippen LogP contribution in [0.5, 0.6) is 5.75 Å². The van der Waals surface area contributed by atoms with Gasteiger partial charge in [0.25, 0.3) is 0 Å². The Morgan fingerprint density at radius 3 is 2.55 bits per heavy atom. The predicted molar refractivity (Wildman–Crippen MR) is 76.3 cm³/mol. The van der Waals surface area contributed by atoms with Crippen LogP contribution >= 0.6 is 0 Å². The summed E-state index contributed by atoms with van der Waals surface area (Å²) in [7, 11) is 0. The third kappa shape index (κ3) is 3.35. The fraction of sp³-hybridized carbons (Fsp3) is 0.188. The molecule has 0 heterocycles. The van der Waals surface area contributed by atoms with E-state index in [-0.39, 0.29) is 11.6 Å². The van der Waals surface area contributed by atoms with Crippen molar-refractivity contribution in [3.05, 3.63) is 59.9 Å². The van der Waals surface area contributed by atoms with Gasteiger partial charge in [0, 0.05) is 17.3 Å². The van der Waals surface area contributed by atoms with Crippen molar-refractivity contribution < 1.29 is 13.9 Å². The van der Waals surface area contributed by atoms with E-state index in [0.29, 0.717) is 23.4 Å². The van der Waals surface area contributed by atoms with E-state index in [1.165, 1.54) is 24.3 Å². The lowest BCUT2D eigenvalue weighted by atomic mass is 10.0. The number of anilines is 1. The highest BCUT2D eigenvalue weighted by Crippen LogP contribution is 2.19. The Hall–Kier alpha value is -2.36. The van der Waals surface area contributed by atoms with Crippen LogP contribution in [0.4, 0.5) is 10.1 Å². The molecule has 104 valence electrons. The van der Waals surface area contributed by atoms with Gasteiger partial charge in [-0.05, 0) is 42.8 Å². The van der Waals surface area contributed by atoms with Crippen LogP contribution in [-0.2, 0) is 0 Å². The van der Waals surface area contributed by atoms with Gasteiger partial charge in [-0.2, -0.15) is 0 Å². The zero-order valence-electron chi connectivity index (χ0n) is 11.2. The first kappa shape index (κ1) is 14.1. The highest BCUT2D eigenvalue weighted by Gasteiger charge is 2.20. The fourth-order valence-electron chi connectivity index (χ4n) is 1.87. The summed E-state index contributed by atoms with van der Waals surface area (Å²) in [6, 6.07) is 12.4.